The molecule has 0 saturated carbocycles. The monoisotopic (exact) mass is 512 g/mol. The molecule has 1 fully saturated rings. The lowest BCUT2D eigenvalue weighted by Crippen LogP contribution is -2.55. The molecule has 1 aliphatic rings. The molecule has 0 bridgehead atoms. The van der Waals surface area contributed by atoms with Crippen LogP contribution in [0.25, 0.3) is 0 Å². The smallest absolute Gasteiger partial charge is 0.329 e. The van der Waals surface area contributed by atoms with Gasteiger partial charge in [0, 0.05) is 6.42 Å². The maximum absolute atomic E-state index is 13.2. The van der Waals surface area contributed by atoms with E-state index in [4.69, 9.17) is 10.00 Å². The number of benzene rings is 1. The Bertz CT molecular complexity index is 987. The standard InChI is InChI=1S/C28H40N4O5/c1-6-8-9-18(4)23-15-24(33)31-22(14-20-10-12-21(16-29)13-11-20)27(35)30-19(5)26(34)32-25(17(3)7-2)28(36)37-23/h10-13,17-19,22-23,25H,6-9,14-15H2,1-5H3,(H,30,35)(H,31,33)(H,32,34)/t17-,18-,19-,22-,23+,25+/m0/s1. The van der Waals surface area contributed by atoms with Crippen molar-refractivity contribution < 1.29 is 23.9 Å². The SMILES string of the molecule is CCCC[C@H](C)[C@H]1CC(=O)N[C@@H](Cc2ccc(C#N)cc2)C(=O)N[C@@H](C)C(=O)N[C@H]([C@@H](C)CC)C(=O)O1. The third kappa shape index (κ3) is 8.88. The van der Waals surface area contributed by atoms with Crippen LogP contribution < -0.4 is 16.0 Å². The number of esters is 1. The van der Waals surface area contributed by atoms with Crippen molar-refractivity contribution >= 4 is 23.7 Å². The van der Waals surface area contributed by atoms with Crippen LogP contribution >= 0.6 is 0 Å². The van der Waals surface area contributed by atoms with Gasteiger partial charge in [0.05, 0.1) is 18.1 Å². The molecule has 9 nitrogen and oxygen atoms in total. The van der Waals surface area contributed by atoms with Crippen LogP contribution in [0.15, 0.2) is 24.3 Å². The van der Waals surface area contributed by atoms with E-state index >= 15 is 0 Å². The van der Waals surface area contributed by atoms with E-state index in [2.05, 4.69) is 28.9 Å². The predicted molar refractivity (Wildman–Crippen MR) is 139 cm³/mol. The van der Waals surface area contributed by atoms with Crippen LogP contribution in [0.3, 0.4) is 0 Å². The summed E-state index contributed by atoms with van der Waals surface area (Å²) in [5.74, 6) is -2.29. The molecular formula is C28H40N4O5. The minimum absolute atomic E-state index is 0.0854. The molecule has 0 radical (unpaired) electrons. The number of amides is 3. The zero-order valence-electron chi connectivity index (χ0n) is 22.5. The fourth-order valence-corrected chi connectivity index (χ4v) is 4.22. The van der Waals surface area contributed by atoms with Crippen molar-refractivity contribution in [3.05, 3.63) is 35.4 Å². The fourth-order valence-electron chi connectivity index (χ4n) is 4.22. The number of hydrogen-bond donors (Lipinski definition) is 3. The van der Waals surface area contributed by atoms with E-state index in [9.17, 15) is 19.2 Å². The quantitative estimate of drug-likeness (QED) is 0.458. The Morgan fingerprint density at radius 1 is 1.00 bits per heavy atom. The van der Waals surface area contributed by atoms with Gasteiger partial charge in [-0.1, -0.05) is 59.1 Å². The average molecular weight is 513 g/mol. The second-order valence-electron chi connectivity index (χ2n) is 10.0. The lowest BCUT2D eigenvalue weighted by Gasteiger charge is -2.29. The highest BCUT2D eigenvalue weighted by Crippen LogP contribution is 2.21. The van der Waals surface area contributed by atoms with Gasteiger partial charge in [0.25, 0.3) is 0 Å². The van der Waals surface area contributed by atoms with Crippen molar-refractivity contribution in [1.82, 2.24) is 16.0 Å². The molecule has 0 aromatic heterocycles. The number of carbonyl (C=O) groups is 4. The first-order chi connectivity index (χ1) is 17.6. The number of nitrogens with zero attached hydrogens (tertiary/aromatic N) is 1. The first-order valence-corrected chi connectivity index (χ1v) is 13.2. The van der Waals surface area contributed by atoms with Gasteiger partial charge in [0.15, 0.2) is 0 Å². The molecule has 1 aromatic rings. The first-order valence-electron chi connectivity index (χ1n) is 13.2. The summed E-state index contributed by atoms with van der Waals surface area (Å²) in [6, 6.07) is 6.00. The average Bonchev–Trinajstić information content (AvgIpc) is 2.88. The molecule has 1 heterocycles. The third-order valence-electron chi connectivity index (χ3n) is 6.99. The van der Waals surface area contributed by atoms with Gasteiger partial charge in [-0.2, -0.15) is 5.26 Å². The summed E-state index contributed by atoms with van der Waals surface area (Å²) in [7, 11) is 0. The Hall–Kier alpha value is -3.41. The van der Waals surface area contributed by atoms with E-state index in [0.717, 1.165) is 24.8 Å². The van der Waals surface area contributed by atoms with Crippen molar-refractivity contribution in [3.63, 3.8) is 0 Å². The first kappa shape index (κ1) is 29.8. The normalized spacial score (nSPS) is 25.1. The van der Waals surface area contributed by atoms with Crippen LogP contribution in [-0.2, 0) is 30.3 Å². The lowest BCUT2D eigenvalue weighted by molar-refractivity contribution is -0.158. The van der Waals surface area contributed by atoms with Crippen LogP contribution in [0.1, 0.15) is 77.8 Å². The molecule has 6 atom stereocenters. The Balaban J connectivity index is 2.38. The van der Waals surface area contributed by atoms with Crippen LogP contribution in [0.4, 0.5) is 0 Å². The maximum atomic E-state index is 13.2. The van der Waals surface area contributed by atoms with E-state index in [1.54, 1.807) is 24.3 Å². The molecule has 37 heavy (non-hydrogen) atoms. The van der Waals surface area contributed by atoms with E-state index in [-0.39, 0.29) is 24.7 Å². The summed E-state index contributed by atoms with van der Waals surface area (Å²) in [6.45, 7) is 9.31. The highest BCUT2D eigenvalue weighted by Gasteiger charge is 2.35. The van der Waals surface area contributed by atoms with Crippen molar-refractivity contribution in [2.45, 2.75) is 97.4 Å². The molecule has 3 amide bonds. The molecule has 1 saturated heterocycles. The van der Waals surface area contributed by atoms with E-state index in [1.807, 2.05) is 20.8 Å². The highest BCUT2D eigenvalue weighted by atomic mass is 16.5. The predicted octanol–water partition coefficient (Wildman–Crippen LogP) is 2.76. The molecule has 202 valence electrons. The molecule has 9 heteroatoms. The minimum atomic E-state index is -0.955. The van der Waals surface area contributed by atoms with Gasteiger partial charge in [-0.25, -0.2) is 4.79 Å². The third-order valence-corrected chi connectivity index (χ3v) is 6.99. The summed E-state index contributed by atoms with van der Waals surface area (Å²) < 4.78 is 5.87. The van der Waals surface area contributed by atoms with E-state index < -0.39 is 47.9 Å². The van der Waals surface area contributed by atoms with E-state index in [0.29, 0.717) is 12.0 Å². The van der Waals surface area contributed by atoms with Crippen molar-refractivity contribution in [3.8, 4) is 6.07 Å². The number of hydrogen-bond acceptors (Lipinski definition) is 6. The molecule has 0 aliphatic carbocycles. The molecule has 1 aromatic carbocycles. The fraction of sp³-hybridized carbons (Fsp3) is 0.607. The molecule has 3 N–H and O–H groups in total. The molecule has 0 spiro atoms. The van der Waals surface area contributed by atoms with Gasteiger partial charge in [-0.15, -0.1) is 0 Å². The maximum Gasteiger partial charge on any atom is 0.329 e. The van der Waals surface area contributed by atoms with Crippen molar-refractivity contribution in [1.29, 1.82) is 5.26 Å². The Kier molecular flexibility index (Phi) is 11.6. The zero-order chi connectivity index (χ0) is 27.5. The number of nitrogens with one attached hydrogen (secondary N) is 3. The Morgan fingerprint density at radius 2 is 1.68 bits per heavy atom. The van der Waals surface area contributed by atoms with Gasteiger partial charge >= 0.3 is 5.97 Å². The number of rotatable bonds is 8. The van der Waals surface area contributed by atoms with Crippen LogP contribution in [0.2, 0.25) is 0 Å². The lowest BCUT2D eigenvalue weighted by atomic mass is 9.94. The molecule has 1 aliphatic heterocycles. The van der Waals surface area contributed by atoms with Gasteiger partial charge in [0.2, 0.25) is 17.7 Å². The Morgan fingerprint density at radius 3 is 2.27 bits per heavy atom. The van der Waals surface area contributed by atoms with Crippen molar-refractivity contribution in [2.75, 3.05) is 0 Å². The second-order valence-corrected chi connectivity index (χ2v) is 10.0. The van der Waals surface area contributed by atoms with Gasteiger partial charge < -0.3 is 20.7 Å². The van der Waals surface area contributed by atoms with Gasteiger partial charge in [-0.3, -0.25) is 14.4 Å². The number of ether oxygens (including phenoxy) is 1. The molecular weight excluding hydrogens is 472 g/mol. The molecule has 0 unspecified atom stereocenters. The van der Waals surface area contributed by atoms with Gasteiger partial charge in [0.1, 0.15) is 24.2 Å². The second kappa shape index (κ2) is 14.4. The zero-order valence-corrected chi connectivity index (χ0v) is 22.5. The van der Waals surface area contributed by atoms with E-state index in [1.165, 1.54) is 6.92 Å². The Labute approximate surface area is 219 Å². The summed E-state index contributed by atoms with van der Waals surface area (Å²) >= 11 is 0. The number of cyclic esters (lactones) is 1. The van der Waals surface area contributed by atoms with Crippen LogP contribution in [-0.4, -0.2) is 47.9 Å². The summed E-state index contributed by atoms with van der Waals surface area (Å²) in [6.07, 6.45) is 2.67. The largest absolute Gasteiger partial charge is 0.460 e. The number of unbranched alkanes of at least 4 members (excludes halogenated alkanes) is 1. The minimum Gasteiger partial charge on any atom is -0.460 e. The highest BCUT2D eigenvalue weighted by molar-refractivity contribution is 5.94. The number of nitriles is 1. The summed E-state index contributed by atoms with van der Waals surface area (Å²) in [5.41, 5.74) is 1.23. The number of carbonyl (C=O) groups excluding carboxylic acids is 4. The van der Waals surface area contributed by atoms with Crippen LogP contribution in [0.5, 0.6) is 0 Å². The summed E-state index contributed by atoms with van der Waals surface area (Å²) in [4.78, 5) is 52.5. The van der Waals surface area contributed by atoms with Crippen LogP contribution in [0, 0.1) is 23.2 Å². The topological polar surface area (TPSA) is 137 Å². The molecule has 2 rings (SSSR count). The summed E-state index contributed by atoms with van der Waals surface area (Å²) in [5, 5.41) is 17.2. The van der Waals surface area contributed by atoms with Gasteiger partial charge in [-0.05, 0) is 42.9 Å². The van der Waals surface area contributed by atoms with Crippen molar-refractivity contribution in [2.24, 2.45) is 11.8 Å².